The van der Waals surface area contributed by atoms with E-state index in [1.807, 2.05) is 48.5 Å². The Kier molecular flexibility index (Phi) is 12.3. The van der Waals surface area contributed by atoms with Gasteiger partial charge in [0.25, 0.3) is 5.91 Å². The number of ether oxygens (including phenoxy) is 2. The third kappa shape index (κ3) is 9.06. The summed E-state index contributed by atoms with van der Waals surface area (Å²) in [5.74, 6) is -2.46. The molecule has 2 aliphatic rings. The maximum Gasteiger partial charge on any atom is 0.289 e. The van der Waals surface area contributed by atoms with Crippen LogP contribution in [0.5, 0.6) is 11.5 Å². The van der Waals surface area contributed by atoms with E-state index in [2.05, 4.69) is 15.8 Å². The van der Waals surface area contributed by atoms with Crippen LogP contribution in [0.3, 0.4) is 0 Å². The van der Waals surface area contributed by atoms with Crippen molar-refractivity contribution in [3.8, 4) is 11.5 Å². The van der Waals surface area contributed by atoms with Crippen LogP contribution in [0.25, 0.3) is 0 Å². The standard InChI is InChI=1S/C35H51ClN4O8/c1-11-12-24(29(42)31(44)37-8)38-30(43)26-18-35(17-25(39-48-35)21-14-23(36)28(47-10)15-27(21)46-9)19-40(26)32(45)22(34(5,6)7)13-20(41)16-33(2,3)4/h14-15,22,24,26H,11-13,16-19H2,1-10H3,(H,37,44)(H,38,43)/t22-,24+,26+,35-/m1/s1. The summed E-state index contributed by atoms with van der Waals surface area (Å²) in [5, 5.41) is 9.78. The highest BCUT2D eigenvalue weighted by atomic mass is 35.5. The molecule has 48 heavy (non-hydrogen) atoms. The summed E-state index contributed by atoms with van der Waals surface area (Å²) in [6.07, 6.45) is 1.35. The van der Waals surface area contributed by atoms with Gasteiger partial charge in [0.1, 0.15) is 23.3 Å². The smallest absolute Gasteiger partial charge is 0.289 e. The summed E-state index contributed by atoms with van der Waals surface area (Å²) >= 11 is 6.44. The number of carbonyl (C=O) groups excluding carboxylic acids is 5. The van der Waals surface area contributed by atoms with Gasteiger partial charge in [-0.3, -0.25) is 24.0 Å². The molecular formula is C35H51ClN4O8. The molecule has 0 radical (unpaired) electrons. The molecule has 2 aliphatic heterocycles. The van der Waals surface area contributed by atoms with E-state index in [0.29, 0.717) is 40.6 Å². The van der Waals surface area contributed by atoms with Crippen LogP contribution in [-0.4, -0.2) is 85.4 Å². The van der Waals surface area contributed by atoms with E-state index in [9.17, 15) is 24.0 Å². The van der Waals surface area contributed by atoms with E-state index in [4.69, 9.17) is 25.9 Å². The predicted octanol–water partition coefficient (Wildman–Crippen LogP) is 4.48. The molecule has 1 spiro atoms. The normalized spacial score (nSPS) is 20.4. The Balaban J connectivity index is 2.01. The van der Waals surface area contributed by atoms with E-state index < -0.39 is 46.6 Å². The number of carbonyl (C=O) groups is 5. The summed E-state index contributed by atoms with van der Waals surface area (Å²) in [6, 6.07) is 1.17. The lowest BCUT2D eigenvalue weighted by molar-refractivity contribution is -0.147. The Morgan fingerprint density at radius 2 is 1.73 bits per heavy atom. The number of likely N-dealkylation sites (tertiary alicyclic amines) is 1. The first-order valence-electron chi connectivity index (χ1n) is 16.3. The van der Waals surface area contributed by atoms with Crippen LogP contribution >= 0.6 is 11.6 Å². The lowest BCUT2D eigenvalue weighted by Gasteiger charge is -2.35. The molecule has 13 heteroatoms. The van der Waals surface area contributed by atoms with Gasteiger partial charge in [0, 0.05) is 50.3 Å². The van der Waals surface area contributed by atoms with Crippen LogP contribution in [0.15, 0.2) is 17.3 Å². The van der Waals surface area contributed by atoms with Gasteiger partial charge in [-0.1, -0.05) is 71.6 Å². The lowest BCUT2D eigenvalue weighted by Crippen LogP contribution is -2.54. The van der Waals surface area contributed by atoms with Crippen LogP contribution in [0.1, 0.15) is 92.6 Å². The molecule has 0 unspecified atom stereocenters. The van der Waals surface area contributed by atoms with Crippen molar-refractivity contribution in [2.24, 2.45) is 21.9 Å². The minimum Gasteiger partial charge on any atom is -0.496 e. The minimum absolute atomic E-state index is 0.00496. The Bertz CT molecular complexity index is 1450. The van der Waals surface area contributed by atoms with E-state index in [1.165, 1.54) is 26.2 Å². The molecule has 2 N–H and O–H groups in total. The molecule has 0 aliphatic carbocycles. The van der Waals surface area contributed by atoms with E-state index in [-0.39, 0.29) is 49.3 Å². The zero-order valence-corrected chi connectivity index (χ0v) is 30.6. The summed E-state index contributed by atoms with van der Waals surface area (Å²) < 4.78 is 10.9. The first kappa shape index (κ1) is 38.8. The number of likely N-dealkylation sites (N-methyl/N-ethyl adjacent to an activating group) is 1. The Labute approximate surface area is 288 Å². The van der Waals surface area contributed by atoms with Gasteiger partial charge in [-0.05, 0) is 23.3 Å². The van der Waals surface area contributed by atoms with Crippen molar-refractivity contribution in [1.82, 2.24) is 15.5 Å². The quantitative estimate of drug-likeness (QED) is 0.288. The molecule has 0 saturated carbocycles. The number of oxime groups is 1. The first-order chi connectivity index (χ1) is 22.3. The van der Waals surface area contributed by atoms with Crippen molar-refractivity contribution in [3.05, 3.63) is 22.7 Å². The van der Waals surface area contributed by atoms with Crippen LogP contribution in [-0.2, 0) is 28.8 Å². The average molecular weight is 691 g/mol. The number of methoxy groups -OCH3 is 2. The second-order valence-electron chi connectivity index (χ2n) is 15.1. The van der Waals surface area contributed by atoms with Crippen molar-refractivity contribution in [2.75, 3.05) is 27.8 Å². The number of benzene rings is 1. The van der Waals surface area contributed by atoms with Gasteiger partial charge in [-0.25, -0.2) is 0 Å². The zero-order valence-electron chi connectivity index (χ0n) is 29.9. The van der Waals surface area contributed by atoms with Crippen molar-refractivity contribution in [3.63, 3.8) is 0 Å². The molecule has 2 heterocycles. The fourth-order valence-electron chi connectivity index (χ4n) is 6.32. The molecule has 1 aromatic rings. The number of ketones is 2. The molecular weight excluding hydrogens is 640 g/mol. The molecule has 4 atom stereocenters. The first-order valence-corrected chi connectivity index (χ1v) is 16.7. The van der Waals surface area contributed by atoms with Crippen molar-refractivity contribution in [2.45, 2.75) is 105 Å². The zero-order chi connectivity index (χ0) is 36.2. The monoisotopic (exact) mass is 690 g/mol. The third-order valence-electron chi connectivity index (χ3n) is 8.77. The van der Waals surface area contributed by atoms with E-state index in [1.54, 1.807) is 12.1 Å². The maximum atomic E-state index is 14.5. The van der Waals surface area contributed by atoms with Crippen LogP contribution in [0.4, 0.5) is 0 Å². The summed E-state index contributed by atoms with van der Waals surface area (Å²) in [7, 11) is 4.35. The lowest BCUT2D eigenvalue weighted by atomic mass is 9.75. The Morgan fingerprint density at radius 3 is 2.27 bits per heavy atom. The molecule has 1 aromatic carbocycles. The number of amides is 3. The van der Waals surface area contributed by atoms with Gasteiger partial charge >= 0.3 is 0 Å². The molecule has 1 fully saturated rings. The van der Waals surface area contributed by atoms with Crippen molar-refractivity contribution < 1.29 is 38.3 Å². The number of halogens is 1. The second-order valence-corrected chi connectivity index (χ2v) is 15.5. The largest absolute Gasteiger partial charge is 0.496 e. The van der Waals surface area contributed by atoms with Crippen LogP contribution in [0, 0.1) is 16.7 Å². The van der Waals surface area contributed by atoms with Gasteiger partial charge in [0.2, 0.25) is 17.6 Å². The topological polar surface area (TPSA) is 153 Å². The average Bonchev–Trinajstić information content (AvgIpc) is 3.60. The fraction of sp³-hybridized carbons (Fsp3) is 0.657. The van der Waals surface area contributed by atoms with Gasteiger partial charge in [0.05, 0.1) is 37.5 Å². The van der Waals surface area contributed by atoms with Gasteiger partial charge in [-0.2, -0.15) is 0 Å². The minimum atomic E-state index is -1.09. The number of rotatable bonds is 13. The van der Waals surface area contributed by atoms with E-state index >= 15 is 0 Å². The third-order valence-corrected chi connectivity index (χ3v) is 9.07. The van der Waals surface area contributed by atoms with Crippen LogP contribution in [0.2, 0.25) is 5.02 Å². The highest BCUT2D eigenvalue weighted by Gasteiger charge is 2.56. The second kappa shape index (κ2) is 15.3. The van der Waals surface area contributed by atoms with Crippen LogP contribution < -0.4 is 20.1 Å². The number of Topliss-reactive ketones (excluding diaryl/α,β-unsaturated/α-hetero) is 2. The van der Waals surface area contributed by atoms with Gasteiger partial charge < -0.3 is 29.8 Å². The fourth-order valence-corrected chi connectivity index (χ4v) is 6.56. The SMILES string of the molecule is CCC[C@H](NC(=O)[C@@H]1C[C@]2(CC(c3cc(Cl)c(OC)cc3OC)=NO2)CN1C(=O)[C@@H](CC(=O)CC(C)(C)C)C(C)(C)C)C(=O)C(=O)NC. The molecule has 3 amide bonds. The predicted molar refractivity (Wildman–Crippen MR) is 182 cm³/mol. The number of hydrogen-bond donors (Lipinski definition) is 2. The molecule has 266 valence electrons. The Hall–Kier alpha value is -3.67. The number of hydrogen-bond acceptors (Lipinski definition) is 9. The highest BCUT2D eigenvalue weighted by Crippen LogP contribution is 2.43. The maximum absolute atomic E-state index is 14.5. The number of nitrogens with zero attached hydrogens (tertiary/aromatic N) is 2. The summed E-state index contributed by atoms with van der Waals surface area (Å²) in [6.45, 7) is 13.4. The summed E-state index contributed by atoms with van der Waals surface area (Å²) in [4.78, 5) is 74.4. The number of nitrogens with one attached hydrogen (secondary N) is 2. The summed E-state index contributed by atoms with van der Waals surface area (Å²) in [5.41, 5.74) is -0.882. The molecule has 3 rings (SSSR count). The molecule has 1 saturated heterocycles. The molecule has 0 aromatic heterocycles. The van der Waals surface area contributed by atoms with E-state index in [0.717, 1.165) is 0 Å². The Morgan fingerprint density at radius 1 is 1.08 bits per heavy atom. The molecule has 12 nitrogen and oxygen atoms in total. The van der Waals surface area contributed by atoms with Gasteiger partial charge in [-0.15, -0.1) is 0 Å². The van der Waals surface area contributed by atoms with Crippen molar-refractivity contribution in [1.29, 1.82) is 0 Å². The highest BCUT2D eigenvalue weighted by molar-refractivity contribution is 6.38. The van der Waals surface area contributed by atoms with Crippen molar-refractivity contribution >= 4 is 46.6 Å². The van der Waals surface area contributed by atoms with Gasteiger partial charge in [0.15, 0.2) is 5.60 Å². The molecule has 0 bridgehead atoms.